The lowest BCUT2D eigenvalue weighted by Gasteiger charge is -2.24. The first-order chi connectivity index (χ1) is 9.95. The number of pyridine rings is 1. The van der Waals surface area contributed by atoms with E-state index in [1.165, 1.54) is 19.0 Å². The molecular formula is C14H24N4O2S. The Bertz CT molecular complexity index is 572. The van der Waals surface area contributed by atoms with Crippen LogP contribution in [0.1, 0.15) is 26.7 Å². The van der Waals surface area contributed by atoms with E-state index in [2.05, 4.69) is 19.9 Å². The normalized spacial score (nSPS) is 17.0. The van der Waals surface area contributed by atoms with Gasteiger partial charge in [0.1, 0.15) is 4.90 Å². The summed E-state index contributed by atoms with van der Waals surface area (Å²) in [4.78, 5) is 6.36. The van der Waals surface area contributed by atoms with Crippen molar-refractivity contribution in [2.24, 2.45) is 0 Å². The molecule has 118 valence electrons. The van der Waals surface area contributed by atoms with E-state index in [9.17, 15) is 8.42 Å². The molecule has 21 heavy (non-hydrogen) atoms. The van der Waals surface area contributed by atoms with Gasteiger partial charge in [-0.05, 0) is 39.8 Å². The molecule has 0 aromatic carbocycles. The highest BCUT2D eigenvalue weighted by Gasteiger charge is 2.30. The molecule has 1 aliphatic carbocycles. The summed E-state index contributed by atoms with van der Waals surface area (Å²) in [7, 11) is -1.50. The molecule has 2 rings (SSSR count). The predicted molar refractivity (Wildman–Crippen MR) is 83.8 cm³/mol. The van der Waals surface area contributed by atoms with E-state index in [4.69, 9.17) is 0 Å². The van der Waals surface area contributed by atoms with Crippen molar-refractivity contribution in [3.05, 3.63) is 18.5 Å². The van der Waals surface area contributed by atoms with Crippen LogP contribution < -0.4 is 10.0 Å². The lowest BCUT2D eigenvalue weighted by molar-refractivity contribution is 0.248. The first kappa shape index (κ1) is 16.2. The molecule has 6 nitrogen and oxygen atoms in total. The van der Waals surface area contributed by atoms with Gasteiger partial charge in [0.2, 0.25) is 10.0 Å². The minimum atomic E-state index is -3.55. The third-order valence-corrected chi connectivity index (χ3v) is 5.28. The summed E-state index contributed by atoms with van der Waals surface area (Å²) >= 11 is 0. The van der Waals surface area contributed by atoms with Gasteiger partial charge in [-0.1, -0.05) is 0 Å². The molecule has 1 aromatic rings. The zero-order chi connectivity index (χ0) is 15.5. The maximum Gasteiger partial charge on any atom is 0.244 e. The predicted octanol–water partition coefficient (Wildman–Crippen LogP) is 1.27. The molecule has 2 N–H and O–H groups in total. The molecule has 1 atom stereocenters. The van der Waals surface area contributed by atoms with E-state index in [-0.39, 0.29) is 10.9 Å². The Morgan fingerprint density at radius 3 is 2.81 bits per heavy atom. The minimum absolute atomic E-state index is 0.173. The summed E-state index contributed by atoms with van der Waals surface area (Å²) in [5.74, 6) is 0. The van der Waals surface area contributed by atoms with Crippen LogP contribution in [0.3, 0.4) is 0 Å². The van der Waals surface area contributed by atoms with Crippen LogP contribution in [-0.2, 0) is 10.0 Å². The van der Waals surface area contributed by atoms with E-state index >= 15 is 0 Å². The van der Waals surface area contributed by atoms with Crippen LogP contribution in [0.4, 0.5) is 5.69 Å². The summed E-state index contributed by atoms with van der Waals surface area (Å²) in [6.45, 7) is 5.02. The number of anilines is 1. The summed E-state index contributed by atoms with van der Waals surface area (Å²) in [6, 6.07) is 2.46. The number of nitrogens with zero attached hydrogens (tertiary/aromatic N) is 2. The number of hydrogen-bond acceptors (Lipinski definition) is 5. The first-order valence-corrected chi connectivity index (χ1v) is 8.83. The smallest absolute Gasteiger partial charge is 0.244 e. The van der Waals surface area contributed by atoms with Crippen LogP contribution >= 0.6 is 0 Å². The molecule has 0 bridgehead atoms. The number of nitrogens with one attached hydrogen (secondary N) is 2. The summed E-state index contributed by atoms with van der Waals surface area (Å²) in [6.07, 6.45) is 5.39. The van der Waals surface area contributed by atoms with E-state index in [1.807, 2.05) is 20.9 Å². The third-order valence-electron chi connectivity index (χ3n) is 3.83. The van der Waals surface area contributed by atoms with Gasteiger partial charge in [0.05, 0.1) is 5.69 Å². The van der Waals surface area contributed by atoms with Gasteiger partial charge in [-0.25, -0.2) is 13.1 Å². The number of likely N-dealkylation sites (N-methyl/N-ethyl adjacent to an activating group) is 1. The summed E-state index contributed by atoms with van der Waals surface area (Å²) in [5.41, 5.74) is 0.586. The largest absolute Gasteiger partial charge is 0.384 e. The Balaban J connectivity index is 2.04. The number of rotatable bonds is 8. The Kier molecular flexibility index (Phi) is 5.18. The molecule has 1 aromatic heterocycles. The van der Waals surface area contributed by atoms with Gasteiger partial charge in [0.25, 0.3) is 0 Å². The molecule has 0 spiro atoms. The first-order valence-electron chi connectivity index (χ1n) is 7.35. The zero-order valence-corrected chi connectivity index (χ0v) is 13.7. The average Bonchev–Trinajstić information content (AvgIpc) is 3.29. The number of sulfonamides is 1. The molecule has 7 heteroatoms. The molecule has 0 saturated heterocycles. The fourth-order valence-electron chi connectivity index (χ4n) is 2.22. The summed E-state index contributed by atoms with van der Waals surface area (Å²) in [5, 5.41) is 3.05. The Morgan fingerprint density at radius 2 is 2.19 bits per heavy atom. The molecule has 1 aliphatic rings. The Morgan fingerprint density at radius 1 is 1.48 bits per heavy atom. The van der Waals surface area contributed by atoms with Crippen molar-refractivity contribution < 1.29 is 8.42 Å². The van der Waals surface area contributed by atoms with Crippen molar-refractivity contribution in [2.75, 3.05) is 25.5 Å². The van der Waals surface area contributed by atoms with Gasteiger partial charge in [0.15, 0.2) is 0 Å². The van der Waals surface area contributed by atoms with Gasteiger partial charge < -0.3 is 5.32 Å². The van der Waals surface area contributed by atoms with E-state index < -0.39 is 10.0 Å². The monoisotopic (exact) mass is 312 g/mol. The van der Waals surface area contributed by atoms with Crippen molar-refractivity contribution in [1.29, 1.82) is 0 Å². The van der Waals surface area contributed by atoms with Gasteiger partial charge in [0, 0.05) is 37.6 Å². The molecule has 1 unspecified atom stereocenters. The Labute approximate surface area is 127 Å². The van der Waals surface area contributed by atoms with Crippen molar-refractivity contribution >= 4 is 15.7 Å². The highest BCUT2D eigenvalue weighted by atomic mass is 32.2. The second kappa shape index (κ2) is 6.72. The van der Waals surface area contributed by atoms with E-state index in [1.54, 1.807) is 12.3 Å². The highest BCUT2D eigenvalue weighted by Crippen LogP contribution is 2.27. The molecular weight excluding hydrogens is 288 g/mol. The number of aromatic nitrogens is 1. The molecule has 1 fully saturated rings. The number of hydrogen-bond donors (Lipinski definition) is 2. The van der Waals surface area contributed by atoms with Gasteiger partial charge in [-0.3, -0.25) is 9.88 Å². The molecule has 0 aliphatic heterocycles. The van der Waals surface area contributed by atoms with Crippen molar-refractivity contribution in [3.63, 3.8) is 0 Å². The molecule has 1 heterocycles. The fourth-order valence-corrected chi connectivity index (χ4v) is 3.47. The minimum Gasteiger partial charge on any atom is -0.384 e. The summed E-state index contributed by atoms with van der Waals surface area (Å²) < 4.78 is 27.5. The van der Waals surface area contributed by atoms with E-state index in [0.29, 0.717) is 24.8 Å². The second-order valence-corrected chi connectivity index (χ2v) is 7.24. The lowest BCUT2D eigenvalue weighted by Crippen LogP contribution is -2.41. The maximum absolute atomic E-state index is 12.4. The van der Waals surface area contributed by atoms with Crippen molar-refractivity contribution in [3.8, 4) is 0 Å². The molecule has 0 amide bonds. The van der Waals surface area contributed by atoms with Crippen LogP contribution in [-0.4, -0.2) is 50.5 Å². The van der Waals surface area contributed by atoms with Crippen molar-refractivity contribution in [2.45, 2.75) is 43.7 Å². The van der Waals surface area contributed by atoms with Crippen LogP contribution in [0, 0.1) is 0 Å². The second-order valence-electron chi connectivity index (χ2n) is 5.50. The quantitative estimate of drug-likeness (QED) is 0.756. The topological polar surface area (TPSA) is 74.3 Å². The lowest BCUT2D eigenvalue weighted by atomic mass is 10.3. The zero-order valence-electron chi connectivity index (χ0n) is 12.8. The van der Waals surface area contributed by atoms with E-state index in [0.717, 1.165) is 0 Å². The van der Waals surface area contributed by atoms with Crippen LogP contribution in [0.25, 0.3) is 0 Å². The standard InChI is InChI=1S/C14H24N4O2S/c1-4-16-13-7-8-15-10-14(13)21(19,20)17-9-11(2)18(3)12-5-6-12/h7-8,10-12,17H,4-6,9H2,1-3H3,(H,15,16). The van der Waals surface area contributed by atoms with Gasteiger partial charge in [-0.2, -0.15) is 0 Å². The van der Waals surface area contributed by atoms with Crippen LogP contribution in [0.5, 0.6) is 0 Å². The SMILES string of the molecule is CCNc1ccncc1S(=O)(=O)NCC(C)N(C)C1CC1. The molecule has 1 saturated carbocycles. The fraction of sp³-hybridized carbons (Fsp3) is 0.643. The van der Waals surface area contributed by atoms with Gasteiger partial charge in [-0.15, -0.1) is 0 Å². The molecule has 0 radical (unpaired) electrons. The van der Waals surface area contributed by atoms with Gasteiger partial charge >= 0.3 is 0 Å². The highest BCUT2D eigenvalue weighted by molar-refractivity contribution is 7.89. The maximum atomic E-state index is 12.4. The third kappa shape index (κ3) is 4.15. The Hall–Kier alpha value is -1.18. The van der Waals surface area contributed by atoms with Crippen LogP contribution in [0.2, 0.25) is 0 Å². The van der Waals surface area contributed by atoms with Crippen LogP contribution in [0.15, 0.2) is 23.4 Å². The van der Waals surface area contributed by atoms with Crippen molar-refractivity contribution in [1.82, 2.24) is 14.6 Å². The average molecular weight is 312 g/mol.